The monoisotopic (exact) mass is 177 g/mol. The molecule has 0 heterocycles. The van der Waals surface area contributed by atoms with Gasteiger partial charge in [0.25, 0.3) is 0 Å². The van der Waals surface area contributed by atoms with Gasteiger partial charge in [-0.2, -0.15) is 11.8 Å². The van der Waals surface area contributed by atoms with Gasteiger partial charge >= 0.3 is 11.9 Å². The Kier molecular flexibility index (Phi) is 4.93. The SMILES string of the molecule is NOC(=O)CC[C@H](N)C(=O)ON. The van der Waals surface area contributed by atoms with Gasteiger partial charge in [0.15, 0.2) is 0 Å². The van der Waals surface area contributed by atoms with E-state index < -0.39 is 18.0 Å². The van der Waals surface area contributed by atoms with Crippen molar-refractivity contribution in [1.82, 2.24) is 0 Å². The van der Waals surface area contributed by atoms with E-state index in [-0.39, 0.29) is 12.8 Å². The number of carbonyl (C=O) groups excluding carboxylic acids is 2. The van der Waals surface area contributed by atoms with Crippen molar-refractivity contribution in [3.8, 4) is 0 Å². The third kappa shape index (κ3) is 3.86. The van der Waals surface area contributed by atoms with E-state index in [1.54, 1.807) is 0 Å². The first-order valence-corrected chi connectivity index (χ1v) is 3.17. The molecule has 0 bridgehead atoms. The Labute approximate surface area is 68.7 Å². The molecule has 0 aromatic carbocycles. The molecular weight excluding hydrogens is 166 g/mol. The number of nitrogens with two attached hydrogens (primary N) is 3. The molecule has 0 aromatic heterocycles. The van der Waals surface area contributed by atoms with Crippen molar-refractivity contribution >= 4 is 11.9 Å². The molecule has 0 saturated carbocycles. The molecule has 0 rings (SSSR count). The lowest BCUT2D eigenvalue weighted by Gasteiger charge is -2.05. The van der Waals surface area contributed by atoms with Crippen molar-refractivity contribution in [2.45, 2.75) is 18.9 Å². The summed E-state index contributed by atoms with van der Waals surface area (Å²) in [6.07, 6.45) is 0.0405. The van der Waals surface area contributed by atoms with Crippen LogP contribution in [0.5, 0.6) is 0 Å². The Morgan fingerprint density at radius 2 is 1.83 bits per heavy atom. The molecule has 12 heavy (non-hydrogen) atoms. The van der Waals surface area contributed by atoms with Crippen LogP contribution in [0.4, 0.5) is 0 Å². The topological polar surface area (TPSA) is 131 Å². The minimum absolute atomic E-state index is 0.0488. The predicted octanol–water partition coefficient (Wildman–Crippen LogP) is -2.07. The molecule has 0 unspecified atom stereocenters. The van der Waals surface area contributed by atoms with Gasteiger partial charge in [-0.3, -0.25) is 4.79 Å². The molecule has 7 heteroatoms. The highest BCUT2D eigenvalue weighted by Crippen LogP contribution is 1.96. The standard InChI is InChI=1S/C5H11N3O4/c6-3(5(10)12-8)1-2-4(9)11-7/h3H,1-2,6-8H2/t3-/m0/s1. The zero-order valence-corrected chi connectivity index (χ0v) is 6.36. The molecular formula is C5H11N3O4. The van der Waals surface area contributed by atoms with Crippen LogP contribution in [0.3, 0.4) is 0 Å². The van der Waals surface area contributed by atoms with E-state index in [0.717, 1.165) is 0 Å². The molecule has 0 fully saturated rings. The van der Waals surface area contributed by atoms with Crippen molar-refractivity contribution in [2.75, 3.05) is 0 Å². The van der Waals surface area contributed by atoms with Crippen LogP contribution in [0.1, 0.15) is 12.8 Å². The minimum Gasteiger partial charge on any atom is -0.373 e. The van der Waals surface area contributed by atoms with Crippen LogP contribution in [-0.4, -0.2) is 18.0 Å². The van der Waals surface area contributed by atoms with Crippen molar-refractivity contribution in [3.63, 3.8) is 0 Å². The zero-order valence-electron chi connectivity index (χ0n) is 6.36. The second-order valence-corrected chi connectivity index (χ2v) is 2.07. The van der Waals surface area contributed by atoms with Gasteiger partial charge in [-0.15, -0.1) is 0 Å². The summed E-state index contributed by atoms with van der Waals surface area (Å²) in [6, 6.07) is -0.922. The van der Waals surface area contributed by atoms with Crippen molar-refractivity contribution in [2.24, 2.45) is 17.5 Å². The van der Waals surface area contributed by atoms with E-state index in [2.05, 4.69) is 21.5 Å². The predicted molar refractivity (Wildman–Crippen MR) is 37.8 cm³/mol. The first kappa shape index (κ1) is 10.8. The minimum atomic E-state index is -0.922. The molecule has 0 spiro atoms. The zero-order chi connectivity index (χ0) is 9.56. The smallest absolute Gasteiger partial charge is 0.341 e. The maximum Gasteiger partial charge on any atom is 0.341 e. The van der Waals surface area contributed by atoms with Crippen molar-refractivity contribution in [1.29, 1.82) is 0 Å². The summed E-state index contributed by atoms with van der Waals surface area (Å²) in [4.78, 5) is 28.7. The highest BCUT2D eigenvalue weighted by Gasteiger charge is 2.15. The Bertz CT molecular complexity index is 172. The number of hydrogen-bond acceptors (Lipinski definition) is 7. The van der Waals surface area contributed by atoms with E-state index >= 15 is 0 Å². The summed E-state index contributed by atoms with van der Waals surface area (Å²) in [5.74, 6) is 7.66. The number of hydrogen-bond donors (Lipinski definition) is 3. The van der Waals surface area contributed by atoms with Gasteiger partial charge in [0.2, 0.25) is 0 Å². The quantitative estimate of drug-likeness (QED) is 0.420. The summed E-state index contributed by atoms with van der Waals surface area (Å²) in [5.41, 5.74) is 5.23. The average molecular weight is 177 g/mol. The van der Waals surface area contributed by atoms with Gasteiger partial charge in [0.05, 0.1) is 0 Å². The maximum absolute atomic E-state index is 10.6. The fraction of sp³-hybridized carbons (Fsp3) is 0.600. The van der Waals surface area contributed by atoms with E-state index in [1.807, 2.05) is 0 Å². The molecule has 6 N–H and O–H groups in total. The molecule has 7 nitrogen and oxygen atoms in total. The molecule has 0 saturated heterocycles. The molecule has 70 valence electrons. The molecule has 0 amide bonds. The lowest BCUT2D eigenvalue weighted by Crippen LogP contribution is -2.34. The number of carbonyl (C=O) groups is 2. The lowest BCUT2D eigenvalue weighted by atomic mass is 10.2. The highest BCUT2D eigenvalue weighted by molar-refractivity contribution is 5.76. The van der Waals surface area contributed by atoms with Gasteiger partial charge in [-0.25, -0.2) is 4.79 Å². The number of rotatable bonds is 4. The van der Waals surface area contributed by atoms with Crippen LogP contribution in [0.15, 0.2) is 0 Å². The highest BCUT2D eigenvalue weighted by atomic mass is 16.7. The fourth-order valence-electron chi connectivity index (χ4n) is 0.538. The Hall–Kier alpha value is -1.18. The van der Waals surface area contributed by atoms with Gasteiger partial charge < -0.3 is 15.4 Å². The average Bonchev–Trinajstić information content (AvgIpc) is 2.11. The van der Waals surface area contributed by atoms with E-state index in [9.17, 15) is 9.59 Å². The van der Waals surface area contributed by atoms with Gasteiger partial charge in [-0.05, 0) is 6.42 Å². The molecule has 0 aliphatic rings. The summed E-state index contributed by atoms with van der Waals surface area (Å²) >= 11 is 0. The molecule has 1 atom stereocenters. The second-order valence-electron chi connectivity index (χ2n) is 2.07. The third-order valence-corrected chi connectivity index (χ3v) is 1.21. The van der Waals surface area contributed by atoms with E-state index in [4.69, 9.17) is 5.73 Å². The van der Waals surface area contributed by atoms with Crippen LogP contribution in [0.25, 0.3) is 0 Å². The normalized spacial score (nSPS) is 11.9. The lowest BCUT2D eigenvalue weighted by molar-refractivity contribution is -0.147. The summed E-state index contributed by atoms with van der Waals surface area (Å²) in [7, 11) is 0. The van der Waals surface area contributed by atoms with E-state index in [0.29, 0.717) is 0 Å². The second kappa shape index (κ2) is 5.47. The van der Waals surface area contributed by atoms with Crippen LogP contribution in [0.2, 0.25) is 0 Å². The van der Waals surface area contributed by atoms with Crippen LogP contribution in [0, 0.1) is 0 Å². The Morgan fingerprint density at radius 3 is 2.25 bits per heavy atom. The first-order chi connectivity index (χ1) is 5.61. The largest absolute Gasteiger partial charge is 0.373 e. The summed E-state index contributed by atoms with van der Waals surface area (Å²) in [6.45, 7) is 0. The van der Waals surface area contributed by atoms with Gasteiger partial charge in [-0.1, -0.05) is 0 Å². The molecule has 0 aromatic rings. The summed E-state index contributed by atoms with van der Waals surface area (Å²) < 4.78 is 0. The molecule has 0 radical (unpaired) electrons. The van der Waals surface area contributed by atoms with Crippen LogP contribution >= 0.6 is 0 Å². The first-order valence-electron chi connectivity index (χ1n) is 3.17. The Balaban J connectivity index is 3.63. The molecule has 0 aliphatic heterocycles. The van der Waals surface area contributed by atoms with Crippen LogP contribution in [-0.2, 0) is 19.3 Å². The summed E-state index contributed by atoms with van der Waals surface area (Å²) in [5, 5.41) is 0. The third-order valence-electron chi connectivity index (χ3n) is 1.21. The van der Waals surface area contributed by atoms with Gasteiger partial charge in [0, 0.05) is 6.42 Å². The van der Waals surface area contributed by atoms with Gasteiger partial charge in [0.1, 0.15) is 6.04 Å². The van der Waals surface area contributed by atoms with Crippen molar-refractivity contribution in [3.05, 3.63) is 0 Å². The fourth-order valence-corrected chi connectivity index (χ4v) is 0.538. The molecule has 0 aliphatic carbocycles. The van der Waals surface area contributed by atoms with Crippen molar-refractivity contribution < 1.29 is 19.3 Å². The maximum atomic E-state index is 10.6. The Morgan fingerprint density at radius 1 is 1.25 bits per heavy atom. The van der Waals surface area contributed by atoms with Crippen LogP contribution < -0.4 is 17.5 Å². The van der Waals surface area contributed by atoms with E-state index in [1.165, 1.54) is 0 Å².